The SMILES string of the molecule is C=C(C)CC(=O)Oc1ccc(C(OC)(OC)C(=O)c2ccc(-c3ccc(-c4ccc(OC(=O)C(=C)C)cc4)c(CC)c3)cc2)cc1. The van der Waals surface area contributed by atoms with E-state index < -0.39 is 17.7 Å². The monoisotopic (exact) mass is 618 g/mol. The van der Waals surface area contributed by atoms with Crippen LogP contribution in [0.2, 0.25) is 0 Å². The Morgan fingerprint density at radius 2 is 1.24 bits per heavy atom. The van der Waals surface area contributed by atoms with Crippen molar-refractivity contribution >= 4 is 17.7 Å². The van der Waals surface area contributed by atoms with Crippen LogP contribution in [0.15, 0.2) is 115 Å². The second-order valence-electron chi connectivity index (χ2n) is 11.0. The predicted molar refractivity (Wildman–Crippen MR) is 179 cm³/mol. The molecule has 0 spiro atoms. The average Bonchev–Trinajstić information content (AvgIpc) is 3.06. The number of ether oxygens (including phenoxy) is 4. The van der Waals surface area contributed by atoms with Gasteiger partial charge in [-0.2, -0.15) is 0 Å². The maximum absolute atomic E-state index is 13.8. The third-order valence-electron chi connectivity index (χ3n) is 7.48. The smallest absolute Gasteiger partial charge is 0.338 e. The molecule has 0 atom stereocenters. The molecule has 0 radical (unpaired) electrons. The van der Waals surface area contributed by atoms with Gasteiger partial charge in [-0.1, -0.05) is 80.3 Å². The Hall–Kier alpha value is -5.11. The fraction of sp³-hybridized carbons (Fsp3) is 0.205. The van der Waals surface area contributed by atoms with E-state index in [0.717, 1.165) is 34.2 Å². The number of methoxy groups -OCH3 is 2. The number of Topliss-reactive ketones (excluding diaryl/α,β-unsaturated/α-hetero) is 1. The zero-order valence-electron chi connectivity index (χ0n) is 26.8. The van der Waals surface area contributed by atoms with Gasteiger partial charge in [0, 0.05) is 30.9 Å². The molecule has 4 aromatic rings. The van der Waals surface area contributed by atoms with Crippen LogP contribution in [0.3, 0.4) is 0 Å². The van der Waals surface area contributed by atoms with Gasteiger partial charge in [-0.25, -0.2) is 4.79 Å². The number of hydrogen-bond acceptors (Lipinski definition) is 7. The molecule has 7 heteroatoms. The predicted octanol–water partition coefficient (Wildman–Crippen LogP) is 8.26. The van der Waals surface area contributed by atoms with Crippen LogP contribution >= 0.6 is 0 Å². The molecule has 4 rings (SSSR count). The lowest BCUT2D eigenvalue weighted by Gasteiger charge is -2.30. The van der Waals surface area contributed by atoms with Crippen LogP contribution in [-0.2, 0) is 31.3 Å². The standard InChI is InChI=1S/C39H38O7/c1-8-27-24-31(15-22-35(27)29-13-18-34(19-14-29)46-38(42)26(4)5)28-9-11-30(12-10-28)37(41)39(43-6,44-7)32-16-20-33(21-17-32)45-36(40)23-25(2)3/h9-22,24H,2,4,8,23H2,1,3,5-7H3. The Labute approximate surface area is 270 Å². The molecule has 0 fully saturated rings. The van der Waals surface area contributed by atoms with E-state index >= 15 is 0 Å². The quantitative estimate of drug-likeness (QED) is 0.0372. The summed E-state index contributed by atoms with van der Waals surface area (Å²) in [7, 11) is 2.82. The highest BCUT2D eigenvalue weighted by Gasteiger charge is 2.41. The molecule has 0 saturated carbocycles. The molecule has 236 valence electrons. The van der Waals surface area contributed by atoms with Crippen molar-refractivity contribution in [2.24, 2.45) is 0 Å². The number of rotatable bonds is 13. The lowest BCUT2D eigenvalue weighted by molar-refractivity contribution is -0.176. The Morgan fingerprint density at radius 3 is 1.78 bits per heavy atom. The number of aryl methyl sites for hydroxylation is 1. The molecule has 0 aromatic heterocycles. The molecule has 0 heterocycles. The summed E-state index contributed by atoms with van der Waals surface area (Å²) in [5.74, 6) is -2.15. The molecule has 4 aromatic carbocycles. The molecule has 0 unspecified atom stereocenters. The van der Waals surface area contributed by atoms with E-state index in [4.69, 9.17) is 18.9 Å². The van der Waals surface area contributed by atoms with Gasteiger partial charge in [-0.05, 0) is 84.5 Å². The van der Waals surface area contributed by atoms with Gasteiger partial charge >= 0.3 is 11.9 Å². The molecule has 0 saturated heterocycles. The van der Waals surface area contributed by atoms with E-state index in [2.05, 4.69) is 32.2 Å². The van der Waals surface area contributed by atoms with Crippen LogP contribution in [0, 0.1) is 0 Å². The van der Waals surface area contributed by atoms with Gasteiger partial charge in [-0.15, -0.1) is 0 Å². The molecule has 0 aliphatic heterocycles. The minimum Gasteiger partial charge on any atom is -0.426 e. The summed E-state index contributed by atoms with van der Waals surface area (Å²) >= 11 is 0. The van der Waals surface area contributed by atoms with Gasteiger partial charge in [-0.3, -0.25) is 9.59 Å². The van der Waals surface area contributed by atoms with Crippen molar-refractivity contribution in [3.8, 4) is 33.8 Å². The summed E-state index contributed by atoms with van der Waals surface area (Å²) in [6, 6.07) is 27.4. The zero-order valence-corrected chi connectivity index (χ0v) is 26.8. The second kappa shape index (κ2) is 14.8. The highest BCUT2D eigenvalue weighted by molar-refractivity contribution is 6.02. The molecular formula is C39H38O7. The first-order chi connectivity index (χ1) is 22.0. The van der Waals surface area contributed by atoms with E-state index in [-0.39, 0.29) is 12.2 Å². The van der Waals surface area contributed by atoms with Gasteiger partial charge in [0.15, 0.2) is 0 Å². The van der Waals surface area contributed by atoms with Crippen molar-refractivity contribution in [3.05, 3.63) is 132 Å². The molecular weight excluding hydrogens is 580 g/mol. The Morgan fingerprint density at radius 1 is 0.696 bits per heavy atom. The first-order valence-electron chi connectivity index (χ1n) is 14.8. The van der Waals surface area contributed by atoms with Crippen molar-refractivity contribution in [2.75, 3.05) is 14.2 Å². The van der Waals surface area contributed by atoms with Crippen LogP contribution < -0.4 is 9.47 Å². The first-order valence-corrected chi connectivity index (χ1v) is 14.8. The maximum atomic E-state index is 13.8. The van der Waals surface area contributed by atoms with Crippen LogP contribution in [-0.4, -0.2) is 31.9 Å². The lowest BCUT2D eigenvalue weighted by Crippen LogP contribution is -2.40. The summed E-state index contributed by atoms with van der Waals surface area (Å²) in [6.07, 6.45) is 0.923. The van der Waals surface area contributed by atoms with E-state index in [1.165, 1.54) is 14.2 Å². The van der Waals surface area contributed by atoms with Crippen LogP contribution in [0.5, 0.6) is 11.5 Å². The average molecular weight is 619 g/mol. The van der Waals surface area contributed by atoms with Gasteiger partial charge in [0.1, 0.15) is 11.5 Å². The third kappa shape index (κ3) is 7.57. The van der Waals surface area contributed by atoms with Gasteiger partial charge in [0.2, 0.25) is 5.78 Å². The molecule has 7 nitrogen and oxygen atoms in total. The largest absolute Gasteiger partial charge is 0.426 e. The van der Waals surface area contributed by atoms with Crippen LogP contribution in [0.4, 0.5) is 0 Å². The fourth-order valence-electron chi connectivity index (χ4n) is 5.04. The Bertz CT molecular complexity index is 1740. The molecule has 0 amide bonds. The number of esters is 2. The highest BCUT2D eigenvalue weighted by atomic mass is 16.7. The number of ketones is 1. The third-order valence-corrected chi connectivity index (χ3v) is 7.48. The Kier molecular flexibility index (Phi) is 10.9. The fourth-order valence-corrected chi connectivity index (χ4v) is 5.04. The maximum Gasteiger partial charge on any atom is 0.338 e. The van der Waals surface area contributed by atoms with Crippen molar-refractivity contribution in [1.29, 1.82) is 0 Å². The Balaban J connectivity index is 1.54. The summed E-state index contributed by atoms with van der Waals surface area (Å²) in [6.45, 7) is 12.8. The lowest BCUT2D eigenvalue weighted by atomic mass is 9.92. The molecule has 0 bridgehead atoms. The number of hydrogen-bond donors (Lipinski definition) is 0. The van der Waals surface area contributed by atoms with Crippen molar-refractivity contribution in [2.45, 2.75) is 39.4 Å². The van der Waals surface area contributed by atoms with E-state index in [1.54, 1.807) is 62.4 Å². The van der Waals surface area contributed by atoms with Crippen LogP contribution in [0.25, 0.3) is 22.3 Å². The molecule has 46 heavy (non-hydrogen) atoms. The number of carbonyl (C=O) groups is 3. The topological polar surface area (TPSA) is 88.1 Å². The van der Waals surface area contributed by atoms with Gasteiger partial charge in [0.25, 0.3) is 5.79 Å². The summed E-state index contributed by atoms with van der Waals surface area (Å²) in [5.41, 5.74) is 7.09. The number of benzene rings is 4. The van der Waals surface area contributed by atoms with Crippen LogP contribution in [0.1, 0.15) is 48.7 Å². The summed E-state index contributed by atoms with van der Waals surface area (Å²) in [4.78, 5) is 37.7. The van der Waals surface area contributed by atoms with E-state index in [1.807, 2.05) is 30.3 Å². The first kappa shape index (κ1) is 33.8. The second-order valence-corrected chi connectivity index (χ2v) is 11.0. The zero-order chi connectivity index (χ0) is 33.4. The molecule has 0 aliphatic carbocycles. The molecule has 0 N–H and O–H groups in total. The number of carbonyl (C=O) groups excluding carboxylic acids is 3. The minimum atomic E-state index is -1.70. The molecule has 0 aliphatic rings. The van der Waals surface area contributed by atoms with Crippen molar-refractivity contribution in [3.63, 3.8) is 0 Å². The van der Waals surface area contributed by atoms with Gasteiger partial charge < -0.3 is 18.9 Å². The minimum absolute atomic E-state index is 0.115. The van der Waals surface area contributed by atoms with E-state index in [9.17, 15) is 14.4 Å². The van der Waals surface area contributed by atoms with Crippen molar-refractivity contribution in [1.82, 2.24) is 0 Å². The van der Waals surface area contributed by atoms with E-state index in [0.29, 0.717) is 33.8 Å². The summed E-state index contributed by atoms with van der Waals surface area (Å²) in [5, 5.41) is 0. The van der Waals surface area contributed by atoms with Gasteiger partial charge in [0.05, 0.1) is 6.42 Å². The normalized spacial score (nSPS) is 11.1. The summed E-state index contributed by atoms with van der Waals surface area (Å²) < 4.78 is 22.0. The van der Waals surface area contributed by atoms with Crippen molar-refractivity contribution < 1.29 is 33.3 Å². The highest BCUT2D eigenvalue weighted by Crippen LogP contribution is 2.34.